The summed E-state index contributed by atoms with van der Waals surface area (Å²) in [6.07, 6.45) is 6.19. The first-order valence-corrected chi connectivity index (χ1v) is 8.98. The second-order valence-electron chi connectivity index (χ2n) is 6.87. The molecular weight excluding hydrogens is 345 g/mol. The molecular formula is C20H18FN5O. The number of piperidine rings is 1. The topological polar surface area (TPSA) is 79.6 Å². The Morgan fingerprint density at radius 3 is 2.63 bits per heavy atom. The van der Waals surface area contributed by atoms with Crippen molar-refractivity contribution in [1.29, 1.82) is 0 Å². The van der Waals surface area contributed by atoms with Crippen LogP contribution < -0.4 is 5.32 Å². The number of rotatable bonds is 3. The molecule has 1 fully saturated rings. The van der Waals surface area contributed by atoms with E-state index in [2.05, 4.69) is 37.6 Å². The van der Waals surface area contributed by atoms with Crippen molar-refractivity contribution in [1.82, 2.24) is 25.5 Å². The molecule has 0 spiro atoms. The van der Waals surface area contributed by atoms with Crippen molar-refractivity contribution >= 4 is 11.0 Å². The zero-order valence-electron chi connectivity index (χ0n) is 14.6. The number of halogens is 1. The van der Waals surface area contributed by atoms with E-state index in [4.69, 9.17) is 4.42 Å². The summed E-state index contributed by atoms with van der Waals surface area (Å²) in [5, 5.41) is 12.0. The van der Waals surface area contributed by atoms with Crippen molar-refractivity contribution < 1.29 is 8.81 Å². The van der Waals surface area contributed by atoms with Gasteiger partial charge < -0.3 is 14.7 Å². The Balaban J connectivity index is 1.59. The van der Waals surface area contributed by atoms with Gasteiger partial charge in [-0.2, -0.15) is 0 Å². The highest BCUT2D eigenvalue weighted by molar-refractivity contribution is 5.93. The molecule has 27 heavy (non-hydrogen) atoms. The summed E-state index contributed by atoms with van der Waals surface area (Å²) in [5.74, 6) is 0.359. The van der Waals surface area contributed by atoms with Gasteiger partial charge in [-0.15, -0.1) is 10.2 Å². The lowest BCUT2D eigenvalue weighted by atomic mass is 9.73. The third kappa shape index (κ3) is 2.54. The molecule has 2 N–H and O–H groups in total. The van der Waals surface area contributed by atoms with Gasteiger partial charge in [0.25, 0.3) is 0 Å². The average molecular weight is 363 g/mol. The highest BCUT2D eigenvalue weighted by Gasteiger charge is 2.40. The number of fused-ring (bicyclic) bond motifs is 1. The molecule has 4 aromatic rings. The van der Waals surface area contributed by atoms with Crippen molar-refractivity contribution in [3.05, 3.63) is 66.4 Å². The number of H-pyrrole nitrogens is 1. The van der Waals surface area contributed by atoms with Crippen LogP contribution in [-0.2, 0) is 5.41 Å². The molecule has 7 heteroatoms. The van der Waals surface area contributed by atoms with Crippen LogP contribution in [0.3, 0.4) is 0 Å². The van der Waals surface area contributed by atoms with Crippen molar-refractivity contribution in [3.63, 3.8) is 0 Å². The van der Waals surface area contributed by atoms with Crippen LogP contribution in [0, 0.1) is 5.82 Å². The van der Waals surface area contributed by atoms with Crippen LogP contribution in [0.4, 0.5) is 4.39 Å². The summed E-state index contributed by atoms with van der Waals surface area (Å²) >= 11 is 0. The van der Waals surface area contributed by atoms with Crippen LogP contribution in [0.2, 0.25) is 0 Å². The minimum Gasteiger partial charge on any atom is -0.427 e. The molecule has 1 aromatic carbocycles. The van der Waals surface area contributed by atoms with E-state index in [-0.39, 0.29) is 11.2 Å². The van der Waals surface area contributed by atoms with Crippen LogP contribution in [-0.4, -0.2) is 33.3 Å². The fourth-order valence-electron chi connectivity index (χ4n) is 4.09. The minimum atomic E-state index is -0.294. The first-order chi connectivity index (χ1) is 13.3. The number of aromatic amines is 1. The maximum Gasteiger partial charge on any atom is 0.226 e. The Bertz CT molecular complexity index is 1070. The molecule has 0 unspecified atom stereocenters. The fraction of sp³-hybridized carbons (Fsp3) is 0.250. The second-order valence-corrected chi connectivity index (χ2v) is 6.87. The minimum absolute atomic E-state index is 0.285. The maximum atomic E-state index is 14.2. The zero-order chi connectivity index (χ0) is 18.3. The molecule has 3 aromatic heterocycles. The standard InChI is InChI=1S/C20H18FN5O/c21-16-11-24-18-17(16)15(5-8-23-18)13-1-3-14(4-2-13)20(6-9-22-10-7-20)19-26-25-12-27-19/h1-5,8,11-12,22H,6-7,9-10H2,(H,23,24). The number of nitrogens with one attached hydrogen (secondary N) is 2. The molecule has 0 amide bonds. The molecule has 0 atom stereocenters. The van der Waals surface area contributed by atoms with Gasteiger partial charge in [-0.25, -0.2) is 9.37 Å². The van der Waals surface area contributed by atoms with E-state index in [0.29, 0.717) is 16.9 Å². The fourth-order valence-corrected chi connectivity index (χ4v) is 4.09. The first kappa shape index (κ1) is 16.1. The van der Waals surface area contributed by atoms with Gasteiger partial charge >= 0.3 is 0 Å². The van der Waals surface area contributed by atoms with Crippen LogP contribution in [0.1, 0.15) is 24.3 Å². The van der Waals surface area contributed by atoms with Gasteiger partial charge in [0.1, 0.15) is 5.65 Å². The lowest BCUT2D eigenvalue weighted by Gasteiger charge is -2.35. The Labute approximate surface area is 154 Å². The van der Waals surface area contributed by atoms with Crippen LogP contribution >= 0.6 is 0 Å². The van der Waals surface area contributed by atoms with E-state index in [1.807, 2.05) is 18.2 Å². The molecule has 0 bridgehead atoms. The lowest BCUT2D eigenvalue weighted by molar-refractivity contribution is 0.291. The predicted octanol–water partition coefficient (Wildman–Crippen LogP) is 3.42. The number of hydrogen-bond donors (Lipinski definition) is 2. The Hall–Kier alpha value is -3.06. The molecule has 136 valence electrons. The van der Waals surface area contributed by atoms with E-state index in [1.165, 1.54) is 12.6 Å². The third-order valence-electron chi connectivity index (χ3n) is 5.50. The molecule has 0 radical (unpaired) electrons. The number of pyridine rings is 1. The summed E-state index contributed by atoms with van der Waals surface area (Å²) in [5.41, 5.74) is 3.17. The van der Waals surface area contributed by atoms with Crippen molar-refractivity contribution in [2.24, 2.45) is 0 Å². The van der Waals surface area contributed by atoms with E-state index < -0.39 is 0 Å². The number of hydrogen-bond acceptors (Lipinski definition) is 5. The molecule has 6 nitrogen and oxygen atoms in total. The van der Waals surface area contributed by atoms with Gasteiger partial charge in [-0.05, 0) is 48.7 Å². The quantitative estimate of drug-likeness (QED) is 0.583. The smallest absolute Gasteiger partial charge is 0.226 e. The van der Waals surface area contributed by atoms with Crippen LogP contribution in [0.15, 0.2) is 53.5 Å². The molecule has 0 aliphatic carbocycles. The molecule has 4 heterocycles. The van der Waals surface area contributed by atoms with Gasteiger partial charge in [-0.1, -0.05) is 24.3 Å². The summed E-state index contributed by atoms with van der Waals surface area (Å²) < 4.78 is 19.8. The van der Waals surface area contributed by atoms with Crippen LogP contribution in [0.25, 0.3) is 22.2 Å². The average Bonchev–Trinajstić information content (AvgIpc) is 3.39. The molecule has 1 aliphatic heterocycles. The Kier molecular flexibility index (Phi) is 3.75. The Morgan fingerprint density at radius 1 is 1.07 bits per heavy atom. The van der Waals surface area contributed by atoms with Gasteiger partial charge in [-0.3, -0.25) is 0 Å². The third-order valence-corrected chi connectivity index (χ3v) is 5.50. The Morgan fingerprint density at radius 2 is 1.89 bits per heavy atom. The summed E-state index contributed by atoms with van der Waals surface area (Å²) in [7, 11) is 0. The van der Waals surface area contributed by atoms with Gasteiger partial charge in [0.15, 0.2) is 5.82 Å². The molecule has 1 saturated heterocycles. The number of nitrogens with zero attached hydrogens (tertiary/aromatic N) is 3. The monoisotopic (exact) mass is 363 g/mol. The van der Waals surface area contributed by atoms with Gasteiger partial charge in [0.2, 0.25) is 12.3 Å². The summed E-state index contributed by atoms with van der Waals surface area (Å²) in [6, 6.07) is 10.1. The lowest BCUT2D eigenvalue weighted by Crippen LogP contribution is -2.41. The van der Waals surface area contributed by atoms with Gasteiger partial charge in [0, 0.05) is 12.4 Å². The number of benzene rings is 1. The second kappa shape index (κ2) is 6.28. The largest absolute Gasteiger partial charge is 0.427 e. The normalized spacial score (nSPS) is 16.6. The molecule has 0 saturated carbocycles. The maximum absolute atomic E-state index is 14.2. The highest BCUT2D eigenvalue weighted by Crippen LogP contribution is 2.40. The van der Waals surface area contributed by atoms with E-state index in [9.17, 15) is 4.39 Å². The molecule has 1 aliphatic rings. The van der Waals surface area contributed by atoms with E-state index in [1.54, 1.807) is 6.20 Å². The van der Waals surface area contributed by atoms with E-state index >= 15 is 0 Å². The molecule has 5 rings (SSSR count). The predicted molar refractivity (Wildman–Crippen MR) is 98.7 cm³/mol. The van der Waals surface area contributed by atoms with E-state index in [0.717, 1.165) is 42.6 Å². The van der Waals surface area contributed by atoms with Crippen molar-refractivity contribution in [2.75, 3.05) is 13.1 Å². The van der Waals surface area contributed by atoms with Crippen molar-refractivity contribution in [3.8, 4) is 11.1 Å². The van der Waals surface area contributed by atoms with Crippen molar-refractivity contribution in [2.45, 2.75) is 18.3 Å². The summed E-state index contributed by atoms with van der Waals surface area (Å²) in [4.78, 5) is 7.06. The number of aromatic nitrogens is 4. The highest BCUT2D eigenvalue weighted by atomic mass is 19.1. The van der Waals surface area contributed by atoms with Gasteiger partial charge in [0.05, 0.1) is 10.8 Å². The summed E-state index contributed by atoms with van der Waals surface area (Å²) in [6.45, 7) is 1.79. The SMILES string of the molecule is Fc1c[nH]c2nccc(-c3ccc(C4(c5nnco5)CCNCC4)cc3)c12. The first-order valence-electron chi connectivity index (χ1n) is 8.98. The van der Waals surface area contributed by atoms with Crippen LogP contribution in [0.5, 0.6) is 0 Å². The zero-order valence-corrected chi connectivity index (χ0v) is 14.6.